The fourth-order valence-corrected chi connectivity index (χ4v) is 2.84. The van der Waals surface area contributed by atoms with Crippen molar-refractivity contribution >= 4 is 22.3 Å². The Hall–Kier alpha value is -1.65. The molecule has 0 aromatic rings. The molecular weight excluding hydrogens is 290 g/mol. The highest BCUT2D eigenvalue weighted by atomic mass is 32.3. The third-order valence-electron chi connectivity index (χ3n) is 3.24. The van der Waals surface area contributed by atoms with Gasteiger partial charge < -0.3 is 10.6 Å². The van der Waals surface area contributed by atoms with Crippen molar-refractivity contribution in [1.82, 2.24) is 9.96 Å². The van der Waals surface area contributed by atoms with Gasteiger partial charge in [-0.05, 0) is 11.5 Å². The fraction of sp³-hybridized carbons (Fsp3) is 0.600. The van der Waals surface area contributed by atoms with Crippen LogP contribution >= 0.6 is 0 Å². The molecule has 2 bridgehead atoms. The number of hydrogen-bond donors (Lipinski definition) is 2. The van der Waals surface area contributed by atoms with Crippen LogP contribution in [0.1, 0.15) is 13.8 Å². The fourth-order valence-electron chi connectivity index (χ4n) is 2.47. The molecule has 9 nitrogen and oxygen atoms in total. The molecule has 2 atom stereocenters. The van der Waals surface area contributed by atoms with E-state index in [1.54, 1.807) is 6.08 Å². The number of urea groups is 1. The molecule has 0 saturated carbocycles. The number of primary amides is 1. The summed E-state index contributed by atoms with van der Waals surface area (Å²) in [5, 5.41) is 0.528. The standard InChI is InChI=1S/C10H15N3O6S/c1-5(2)7-3-6-4-12(8(7)9(11)14)10(15)13(6)19-20(16,17)18/h3,5-6,8H,4H2,1-2H3,(H2,11,14)(H,16,17,18). The average Bonchev–Trinajstić information content (AvgIpc) is 2.52. The van der Waals surface area contributed by atoms with Gasteiger partial charge in [0.2, 0.25) is 5.91 Å². The zero-order chi connectivity index (χ0) is 15.2. The first-order valence-electron chi connectivity index (χ1n) is 5.89. The van der Waals surface area contributed by atoms with E-state index in [4.69, 9.17) is 10.3 Å². The van der Waals surface area contributed by atoms with Crippen molar-refractivity contribution in [3.05, 3.63) is 11.6 Å². The summed E-state index contributed by atoms with van der Waals surface area (Å²) in [7, 11) is -4.82. The van der Waals surface area contributed by atoms with Crippen molar-refractivity contribution in [3.63, 3.8) is 0 Å². The lowest BCUT2D eigenvalue weighted by molar-refractivity contribution is -0.121. The smallest absolute Gasteiger partial charge is 0.368 e. The van der Waals surface area contributed by atoms with E-state index in [0.29, 0.717) is 10.6 Å². The van der Waals surface area contributed by atoms with Gasteiger partial charge in [0.15, 0.2) is 0 Å². The van der Waals surface area contributed by atoms with Crippen molar-refractivity contribution in [2.24, 2.45) is 11.7 Å². The van der Waals surface area contributed by atoms with Gasteiger partial charge in [0.1, 0.15) is 6.04 Å². The molecule has 1 saturated heterocycles. The molecule has 0 aromatic carbocycles. The highest BCUT2D eigenvalue weighted by Crippen LogP contribution is 2.33. The number of fused-ring (bicyclic) bond motifs is 2. The molecule has 0 aromatic heterocycles. The van der Waals surface area contributed by atoms with Gasteiger partial charge in [-0.15, -0.1) is 4.28 Å². The monoisotopic (exact) mass is 305 g/mol. The lowest BCUT2D eigenvalue weighted by atomic mass is 9.90. The van der Waals surface area contributed by atoms with Crippen molar-refractivity contribution in [1.29, 1.82) is 0 Å². The predicted molar refractivity (Wildman–Crippen MR) is 66.3 cm³/mol. The van der Waals surface area contributed by atoms with Gasteiger partial charge in [0.05, 0.1) is 12.6 Å². The second-order valence-electron chi connectivity index (χ2n) is 4.96. The Labute approximate surface area is 115 Å². The molecule has 2 aliphatic heterocycles. The highest BCUT2D eigenvalue weighted by molar-refractivity contribution is 7.80. The molecule has 112 valence electrons. The Morgan fingerprint density at radius 1 is 1.55 bits per heavy atom. The quantitative estimate of drug-likeness (QED) is 0.520. The normalized spacial score (nSPS) is 26.2. The molecule has 2 aliphatic rings. The Balaban J connectivity index is 2.40. The molecule has 2 heterocycles. The minimum absolute atomic E-state index is 0.0590. The molecule has 2 rings (SSSR count). The van der Waals surface area contributed by atoms with Gasteiger partial charge >= 0.3 is 16.4 Å². The molecule has 2 unspecified atom stereocenters. The van der Waals surface area contributed by atoms with Gasteiger partial charge in [-0.25, -0.2) is 4.79 Å². The van der Waals surface area contributed by atoms with Crippen molar-refractivity contribution in [2.45, 2.75) is 25.9 Å². The van der Waals surface area contributed by atoms with E-state index in [0.717, 1.165) is 4.90 Å². The van der Waals surface area contributed by atoms with Crippen molar-refractivity contribution < 1.29 is 26.8 Å². The van der Waals surface area contributed by atoms with Crippen LogP contribution in [0.3, 0.4) is 0 Å². The summed E-state index contributed by atoms with van der Waals surface area (Å²) >= 11 is 0. The number of carbonyl (C=O) groups is 2. The third kappa shape index (κ3) is 2.49. The van der Waals surface area contributed by atoms with E-state index in [1.165, 1.54) is 0 Å². The van der Waals surface area contributed by atoms with Gasteiger partial charge in [-0.3, -0.25) is 9.35 Å². The maximum absolute atomic E-state index is 12.1. The van der Waals surface area contributed by atoms with E-state index < -0.39 is 34.4 Å². The molecule has 0 spiro atoms. The van der Waals surface area contributed by atoms with E-state index in [-0.39, 0.29) is 12.5 Å². The lowest BCUT2D eigenvalue weighted by Gasteiger charge is -2.31. The molecule has 0 aliphatic carbocycles. The van der Waals surface area contributed by atoms with Crippen LogP contribution in [0.4, 0.5) is 4.79 Å². The van der Waals surface area contributed by atoms with E-state index in [2.05, 4.69) is 4.28 Å². The number of rotatable bonds is 4. The van der Waals surface area contributed by atoms with Crippen LogP contribution in [0.15, 0.2) is 11.6 Å². The molecule has 3 N–H and O–H groups in total. The number of nitrogens with zero attached hydrogens (tertiary/aromatic N) is 2. The molecule has 1 fully saturated rings. The van der Waals surface area contributed by atoms with E-state index in [9.17, 15) is 18.0 Å². The van der Waals surface area contributed by atoms with Crippen LogP contribution in [0.25, 0.3) is 0 Å². The number of hydrogen-bond acceptors (Lipinski definition) is 5. The first kappa shape index (κ1) is 14.8. The molecule has 0 radical (unpaired) electrons. The second kappa shape index (κ2) is 4.72. The van der Waals surface area contributed by atoms with Gasteiger partial charge in [-0.2, -0.15) is 13.5 Å². The maximum Gasteiger partial charge on any atom is 0.418 e. The molecular formula is C10H15N3O6S. The SMILES string of the molecule is CC(C)C1=CC2CN(C(=O)N2OS(=O)(=O)O)C1C(N)=O. The summed E-state index contributed by atoms with van der Waals surface area (Å²) in [6.45, 7) is 3.72. The average molecular weight is 305 g/mol. The minimum atomic E-state index is -4.82. The molecule has 3 amide bonds. The van der Waals surface area contributed by atoms with Crippen LogP contribution in [-0.2, 0) is 19.5 Å². The van der Waals surface area contributed by atoms with Crippen molar-refractivity contribution in [3.8, 4) is 0 Å². The summed E-state index contributed by atoms with van der Waals surface area (Å²) < 4.78 is 34.5. The highest BCUT2D eigenvalue weighted by Gasteiger charge is 2.49. The summed E-state index contributed by atoms with van der Waals surface area (Å²) in [4.78, 5) is 24.7. The van der Waals surface area contributed by atoms with Crippen LogP contribution in [0.2, 0.25) is 0 Å². The lowest BCUT2D eigenvalue weighted by Crippen LogP contribution is -2.49. The summed E-state index contributed by atoms with van der Waals surface area (Å²) in [5.41, 5.74) is 5.93. The summed E-state index contributed by atoms with van der Waals surface area (Å²) in [6, 6.07) is -2.46. The topological polar surface area (TPSA) is 130 Å². The Kier molecular flexibility index (Phi) is 3.48. The third-order valence-corrected chi connectivity index (χ3v) is 3.59. The van der Waals surface area contributed by atoms with Gasteiger partial charge in [0, 0.05) is 0 Å². The maximum atomic E-state index is 12.1. The zero-order valence-electron chi connectivity index (χ0n) is 10.9. The van der Waals surface area contributed by atoms with Gasteiger partial charge in [-0.1, -0.05) is 19.9 Å². The predicted octanol–water partition coefficient (Wildman–Crippen LogP) is -0.723. The Morgan fingerprint density at radius 3 is 2.60 bits per heavy atom. The molecule has 20 heavy (non-hydrogen) atoms. The summed E-state index contributed by atoms with van der Waals surface area (Å²) in [6.07, 6.45) is 1.58. The number of hydroxylamine groups is 2. The van der Waals surface area contributed by atoms with E-state index >= 15 is 0 Å². The Bertz CT molecular complexity index is 584. The van der Waals surface area contributed by atoms with Gasteiger partial charge in [0.25, 0.3) is 0 Å². The summed E-state index contributed by atoms with van der Waals surface area (Å²) in [5.74, 6) is -0.762. The molecule has 10 heteroatoms. The van der Waals surface area contributed by atoms with Crippen molar-refractivity contribution in [2.75, 3.05) is 6.54 Å². The number of nitrogens with two attached hydrogens (primary N) is 1. The largest absolute Gasteiger partial charge is 0.418 e. The van der Waals surface area contributed by atoms with Crippen LogP contribution in [0.5, 0.6) is 0 Å². The zero-order valence-corrected chi connectivity index (χ0v) is 11.7. The first-order valence-corrected chi connectivity index (χ1v) is 7.26. The number of carbonyl (C=O) groups excluding carboxylic acids is 2. The minimum Gasteiger partial charge on any atom is -0.368 e. The Morgan fingerprint density at radius 2 is 2.15 bits per heavy atom. The van der Waals surface area contributed by atoms with Crippen LogP contribution in [-0.4, -0.2) is 53.5 Å². The van der Waals surface area contributed by atoms with Crippen LogP contribution < -0.4 is 5.73 Å². The van der Waals surface area contributed by atoms with E-state index in [1.807, 2.05) is 13.8 Å². The van der Waals surface area contributed by atoms with Crippen LogP contribution in [0, 0.1) is 5.92 Å². The second-order valence-corrected chi connectivity index (χ2v) is 5.96. The number of amides is 3. The first-order chi connectivity index (χ1) is 9.11.